The number of aryl methyl sites for hydroxylation is 2. The zero-order valence-electron chi connectivity index (χ0n) is 36.1. The average molecular weight is 791 g/mol. The number of unbranched alkanes of at least 4 members (excludes halogenated alkanes) is 4. The molecule has 1 heterocycles. The third-order valence-corrected chi connectivity index (χ3v) is 10.4. The van der Waals surface area contributed by atoms with Crippen LogP contribution >= 0.6 is 0 Å². The standard InChI is InChI=1S/C53H62N2O4/c1-7-11-31-56-46-27-29-48(52(37-46)58-33-13-9-3)50-35-42(36-51(54-50)49-30-28-47(57-32-12-8-2)38-53(49)59-34-14-10-4)41-19-25-45(26-20-41)55(43-21-15-39(5)16-22-43)44-23-17-40(6)18-24-44/h15-30,35-38H,7-14,31-34H2,1-6H3. The van der Waals surface area contributed by atoms with E-state index in [4.69, 9.17) is 23.9 Å². The lowest BCUT2D eigenvalue weighted by molar-refractivity contribution is 0.295. The first-order chi connectivity index (χ1) is 28.9. The van der Waals surface area contributed by atoms with Crippen molar-refractivity contribution in [2.75, 3.05) is 31.3 Å². The molecule has 0 fully saturated rings. The van der Waals surface area contributed by atoms with Gasteiger partial charge in [0.15, 0.2) is 0 Å². The van der Waals surface area contributed by atoms with Crippen molar-refractivity contribution >= 4 is 17.1 Å². The number of benzene rings is 5. The van der Waals surface area contributed by atoms with Crippen LogP contribution in [0, 0.1) is 13.8 Å². The first-order valence-electron chi connectivity index (χ1n) is 21.8. The van der Waals surface area contributed by atoms with Crippen molar-refractivity contribution in [3.8, 4) is 56.6 Å². The Balaban J connectivity index is 1.48. The van der Waals surface area contributed by atoms with Crippen LogP contribution in [0.3, 0.4) is 0 Å². The second-order valence-corrected chi connectivity index (χ2v) is 15.3. The summed E-state index contributed by atoms with van der Waals surface area (Å²) in [5.74, 6) is 3.14. The molecule has 0 amide bonds. The fourth-order valence-corrected chi connectivity index (χ4v) is 6.78. The van der Waals surface area contributed by atoms with E-state index in [1.165, 1.54) is 11.1 Å². The lowest BCUT2D eigenvalue weighted by atomic mass is 9.98. The minimum atomic E-state index is 0.614. The molecule has 1 aromatic heterocycles. The van der Waals surface area contributed by atoms with Gasteiger partial charge in [-0.3, -0.25) is 0 Å². The first-order valence-corrected chi connectivity index (χ1v) is 21.8. The maximum Gasteiger partial charge on any atom is 0.132 e. The van der Waals surface area contributed by atoms with Crippen LogP contribution in [0.25, 0.3) is 33.6 Å². The van der Waals surface area contributed by atoms with Crippen molar-refractivity contribution in [1.29, 1.82) is 0 Å². The molecule has 308 valence electrons. The molecule has 0 saturated carbocycles. The highest BCUT2D eigenvalue weighted by Crippen LogP contribution is 2.41. The molecule has 0 bridgehead atoms. The average Bonchev–Trinajstić information content (AvgIpc) is 3.26. The predicted molar refractivity (Wildman–Crippen MR) is 246 cm³/mol. The van der Waals surface area contributed by atoms with Gasteiger partial charge in [0.25, 0.3) is 0 Å². The zero-order valence-corrected chi connectivity index (χ0v) is 36.1. The Bertz CT molecular complexity index is 2070. The number of rotatable bonds is 22. The summed E-state index contributed by atoms with van der Waals surface area (Å²) < 4.78 is 25.3. The Morgan fingerprint density at radius 2 is 0.780 bits per heavy atom. The molecule has 0 saturated heterocycles. The predicted octanol–water partition coefficient (Wildman–Crippen LogP) is 14.9. The highest BCUT2D eigenvalue weighted by molar-refractivity contribution is 5.83. The minimum absolute atomic E-state index is 0.614. The lowest BCUT2D eigenvalue weighted by Gasteiger charge is -2.26. The van der Waals surface area contributed by atoms with Gasteiger partial charge in [0, 0.05) is 40.3 Å². The van der Waals surface area contributed by atoms with Crippen molar-refractivity contribution in [1.82, 2.24) is 4.98 Å². The van der Waals surface area contributed by atoms with Gasteiger partial charge in [-0.1, -0.05) is 101 Å². The second-order valence-electron chi connectivity index (χ2n) is 15.3. The highest BCUT2D eigenvalue weighted by atomic mass is 16.5. The molecule has 59 heavy (non-hydrogen) atoms. The summed E-state index contributed by atoms with van der Waals surface area (Å²) in [5.41, 5.74) is 11.3. The van der Waals surface area contributed by atoms with Gasteiger partial charge >= 0.3 is 0 Å². The van der Waals surface area contributed by atoms with Gasteiger partial charge in [-0.25, -0.2) is 4.98 Å². The zero-order chi connectivity index (χ0) is 41.4. The number of hydrogen-bond acceptors (Lipinski definition) is 6. The quantitative estimate of drug-likeness (QED) is 0.0639. The lowest BCUT2D eigenvalue weighted by Crippen LogP contribution is -2.09. The van der Waals surface area contributed by atoms with Crippen LogP contribution in [0.2, 0.25) is 0 Å². The van der Waals surface area contributed by atoms with Gasteiger partial charge in [-0.2, -0.15) is 0 Å². The largest absolute Gasteiger partial charge is 0.493 e. The van der Waals surface area contributed by atoms with Crippen LogP contribution in [0.5, 0.6) is 23.0 Å². The topological polar surface area (TPSA) is 53.1 Å². The number of ether oxygens (including phenoxy) is 4. The molecule has 6 aromatic rings. The van der Waals surface area contributed by atoms with Crippen LogP contribution in [0.15, 0.2) is 121 Å². The van der Waals surface area contributed by atoms with Crippen LogP contribution in [0.1, 0.15) is 90.2 Å². The van der Waals surface area contributed by atoms with E-state index < -0.39 is 0 Å². The van der Waals surface area contributed by atoms with Crippen molar-refractivity contribution in [2.24, 2.45) is 0 Å². The molecule has 5 aromatic carbocycles. The summed E-state index contributed by atoms with van der Waals surface area (Å²) in [4.78, 5) is 7.68. The van der Waals surface area contributed by atoms with Gasteiger partial charge in [-0.15, -0.1) is 0 Å². The molecule has 6 heteroatoms. The SMILES string of the molecule is CCCCOc1ccc(-c2cc(-c3ccc(N(c4ccc(C)cc4)c4ccc(C)cc4)cc3)cc(-c3ccc(OCCCC)cc3OCCCC)n2)c(OCCCC)c1. The van der Waals surface area contributed by atoms with Crippen LogP contribution in [-0.2, 0) is 0 Å². The Morgan fingerprint density at radius 3 is 1.17 bits per heavy atom. The second kappa shape index (κ2) is 21.9. The maximum atomic E-state index is 6.50. The molecule has 0 atom stereocenters. The fraction of sp³-hybridized carbons (Fsp3) is 0.340. The highest BCUT2D eigenvalue weighted by Gasteiger charge is 2.18. The molecule has 0 unspecified atom stereocenters. The maximum absolute atomic E-state index is 6.50. The van der Waals surface area contributed by atoms with Gasteiger partial charge in [0.2, 0.25) is 0 Å². The van der Waals surface area contributed by atoms with E-state index in [1.807, 2.05) is 24.3 Å². The number of nitrogens with zero attached hydrogens (tertiary/aromatic N) is 2. The summed E-state index contributed by atoms with van der Waals surface area (Å²) in [6, 6.07) is 42.9. The van der Waals surface area contributed by atoms with Gasteiger partial charge in [-0.05, 0) is 123 Å². The Hall–Kier alpha value is -5.75. The van der Waals surface area contributed by atoms with Crippen molar-refractivity contribution in [2.45, 2.75) is 92.9 Å². The Kier molecular flexibility index (Phi) is 15.9. The number of hydrogen-bond donors (Lipinski definition) is 0. The van der Waals surface area contributed by atoms with Crippen LogP contribution in [0.4, 0.5) is 17.1 Å². The molecule has 6 rings (SSSR count). The van der Waals surface area contributed by atoms with Gasteiger partial charge in [0.05, 0.1) is 37.8 Å². The number of pyridine rings is 1. The third kappa shape index (κ3) is 11.7. The summed E-state index contributed by atoms with van der Waals surface area (Å²) in [6.45, 7) is 15.5. The van der Waals surface area contributed by atoms with Crippen LogP contribution in [-0.4, -0.2) is 31.4 Å². The van der Waals surface area contributed by atoms with Crippen molar-refractivity contribution in [3.63, 3.8) is 0 Å². The Morgan fingerprint density at radius 1 is 0.407 bits per heavy atom. The number of aromatic nitrogens is 1. The Labute approximate surface area is 353 Å². The molecule has 0 aliphatic heterocycles. The van der Waals surface area contributed by atoms with E-state index in [1.54, 1.807) is 0 Å². The molecule has 0 aliphatic rings. The van der Waals surface area contributed by atoms with E-state index in [0.29, 0.717) is 26.4 Å². The summed E-state index contributed by atoms with van der Waals surface area (Å²) in [7, 11) is 0. The molecule has 0 aliphatic carbocycles. The van der Waals surface area contributed by atoms with E-state index in [0.717, 1.165) is 125 Å². The normalized spacial score (nSPS) is 11.0. The fourth-order valence-electron chi connectivity index (χ4n) is 6.78. The van der Waals surface area contributed by atoms with Crippen molar-refractivity contribution < 1.29 is 18.9 Å². The molecule has 6 nitrogen and oxygen atoms in total. The number of anilines is 3. The molecule has 0 radical (unpaired) electrons. The molecular weight excluding hydrogens is 729 g/mol. The minimum Gasteiger partial charge on any atom is -0.493 e. The van der Waals surface area contributed by atoms with E-state index in [9.17, 15) is 0 Å². The van der Waals surface area contributed by atoms with E-state index >= 15 is 0 Å². The third-order valence-electron chi connectivity index (χ3n) is 10.4. The summed E-state index contributed by atoms with van der Waals surface area (Å²) in [5, 5.41) is 0. The smallest absolute Gasteiger partial charge is 0.132 e. The summed E-state index contributed by atoms with van der Waals surface area (Å²) in [6.07, 6.45) is 8.14. The summed E-state index contributed by atoms with van der Waals surface area (Å²) >= 11 is 0. The van der Waals surface area contributed by atoms with Crippen LogP contribution < -0.4 is 23.8 Å². The first kappa shape index (κ1) is 42.8. The van der Waals surface area contributed by atoms with E-state index in [-0.39, 0.29) is 0 Å². The molecular formula is C53H62N2O4. The van der Waals surface area contributed by atoms with Gasteiger partial charge in [0.1, 0.15) is 23.0 Å². The van der Waals surface area contributed by atoms with E-state index in [2.05, 4.69) is 144 Å². The monoisotopic (exact) mass is 790 g/mol. The van der Waals surface area contributed by atoms with Gasteiger partial charge < -0.3 is 23.8 Å². The van der Waals surface area contributed by atoms with Crippen molar-refractivity contribution in [3.05, 3.63) is 132 Å². The molecule has 0 N–H and O–H groups in total. The molecule has 0 spiro atoms.